The molecule has 2 aromatic rings. The van der Waals surface area contributed by atoms with Crippen LogP contribution >= 0.6 is 0 Å². The molecule has 0 bridgehead atoms. The fourth-order valence-corrected chi connectivity index (χ4v) is 1.34. The highest BCUT2D eigenvalue weighted by atomic mass is 16.4. The Labute approximate surface area is 93.5 Å². The lowest BCUT2D eigenvalue weighted by atomic mass is 10.3. The van der Waals surface area contributed by atoms with E-state index in [4.69, 9.17) is 10.2 Å². The average molecular weight is 221 g/mol. The minimum absolute atomic E-state index is 0.109. The monoisotopic (exact) mass is 221 g/mol. The van der Waals surface area contributed by atoms with E-state index in [2.05, 4.69) is 15.3 Å². The number of aromatic nitrogens is 4. The highest BCUT2D eigenvalue weighted by molar-refractivity contribution is 5.06. The molecule has 0 amide bonds. The molecule has 0 aliphatic heterocycles. The highest BCUT2D eigenvalue weighted by Crippen LogP contribution is 2.10. The van der Waals surface area contributed by atoms with Gasteiger partial charge >= 0.3 is 0 Å². The Balaban J connectivity index is 2.14. The highest BCUT2D eigenvalue weighted by Gasteiger charge is 2.09. The molecule has 86 valence electrons. The maximum absolute atomic E-state index is 5.69. The van der Waals surface area contributed by atoms with Gasteiger partial charge in [0.1, 0.15) is 12.3 Å². The van der Waals surface area contributed by atoms with Crippen molar-refractivity contribution in [3.05, 3.63) is 29.2 Å². The molecule has 2 aromatic heterocycles. The number of rotatable bonds is 3. The van der Waals surface area contributed by atoms with E-state index in [0.29, 0.717) is 12.4 Å². The molecule has 6 heteroatoms. The molecule has 2 N–H and O–H groups in total. The zero-order chi connectivity index (χ0) is 11.7. The second-order valence-corrected chi connectivity index (χ2v) is 3.88. The van der Waals surface area contributed by atoms with Gasteiger partial charge in [0.25, 0.3) is 0 Å². The summed E-state index contributed by atoms with van der Waals surface area (Å²) in [6, 6.07) is -0.109. The van der Waals surface area contributed by atoms with Crippen LogP contribution in [0.5, 0.6) is 0 Å². The molecule has 0 saturated carbocycles. The summed E-state index contributed by atoms with van der Waals surface area (Å²) < 4.78 is 7.13. The van der Waals surface area contributed by atoms with Crippen LogP contribution in [0.1, 0.15) is 36.0 Å². The number of nitrogens with zero attached hydrogens (tertiary/aromatic N) is 4. The third-order valence-corrected chi connectivity index (χ3v) is 2.39. The molecule has 1 atom stereocenters. The lowest BCUT2D eigenvalue weighted by Crippen LogP contribution is -2.05. The first kappa shape index (κ1) is 10.8. The molecular weight excluding hydrogens is 206 g/mol. The van der Waals surface area contributed by atoms with E-state index < -0.39 is 0 Å². The van der Waals surface area contributed by atoms with Gasteiger partial charge in [-0.2, -0.15) is 0 Å². The van der Waals surface area contributed by atoms with Crippen molar-refractivity contribution in [3.63, 3.8) is 0 Å². The molecule has 16 heavy (non-hydrogen) atoms. The maximum Gasteiger partial charge on any atom is 0.216 e. The van der Waals surface area contributed by atoms with Crippen molar-refractivity contribution in [2.24, 2.45) is 5.73 Å². The maximum atomic E-state index is 5.69. The average Bonchev–Trinajstić information content (AvgIpc) is 2.76. The number of hydrogen-bond acceptors (Lipinski definition) is 5. The largest absolute Gasteiger partial charge is 0.444 e. The van der Waals surface area contributed by atoms with Crippen LogP contribution in [0.3, 0.4) is 0 Å². The summed E-state index contributed by atoms with van der Waals surface area (Å²) in [4.78, 5) is 4.27. The van der Waals surface area contributed by atoms with Crippen molar-refractivity contribution in [2.75, 3.05) is 0 Å². The van der Waals surface area contributed by atoms with Gasteiger partial charge < -0.3 is 10.2 Å². The molecule has 0 fully saturated rings. The van der Waals surface area contributed by atoms with Crippen molar-refractivity contribution < 1.29 is 4.42 Å². The molecule has 2 heterocycles. The van der Waals surface area contributed by atoms with Crippen LogP contribution in [-0.4, -0.2) is 20.0 Å². The quantitative estimate of drug-likeness (QED) is 0.834. The minimum atomic E-state index is -0.109. The number of hydrogen-bond donors (Lipinski definition) is 1. The van der Waals surface area contributed by atoms with Crippen LogP contribution in [0, 0.1) is 13.8 Å². The van der Waals surface area contributed by atoms with Crippen LogP contribution in [0.15, 0.2) is 10.6 Å². The van der Waals surface area contributed by atoms with Crippen molar-refractivity contribution in [3.8, 4) is 0 Å². The Hall–Kier alpha value is -1.69. The second-order valence-electron chi connectivity index (χ2n) is 3.88. The predicted octanol–water partition coefficient (Wildman–Crippen LogP) is 0.951. The van der Waals surface area contributed by atoms with Gasteiger partial charge in [0.05, 0.1) is 17.6 Å². The Morgan fingerprint density at radius 1 is 1.50 bits per heavy atom. The summed E-state index contributed by atoms with van der Waals surface area (Å²) >= 11 is 0. The number of nitrogens with two attached hydrogens (primary N) is 1. The van der Waals surface area contributed by atoms with E-state index in [1.807, 2.05) is 20.8 Å². The summed E-state index contributed by atoms with van der Waals surface area (Å²) in [5.74, 6) is 1.47. The van der Waals surface area contributed by atoms with Crippen LogP contribution in [0.2, 0.25) is 0 Å². The van der Waals surface area contributed by atoms with E-state index in [1.54, 1.807) is 10.9 Å². The number of oxazole rings is 1. The Kier molecular flexibility index (Phi) is 2.74. The normalized spacial score (nSPS) is 13.0. The van der Waals surface area contributed by atoms with E-state index in [0.717, 1.165) is 17.1 Å². The lowest BCUT2D eigenvalue weighted by molar-refractivity contribution is 0.442. The van der Waals surface area contributed by atoms with E-state index >= 15 is 0 Å². The number of aryl methyl sites for hydroxylation is 2. The summed E-state index contributed by atoms with van der Waals surface area (Å²) in [6.07, 6.45) is 1.81. The summed E-state index contributed by atoms with van der Waals surface area (Å²) in [5.41, 5.74) is 7.36. The first-order chi connectivity index (χ1) is 7.56. The van der Waals surface area contributed by atoms with Gasteiger partial charge in [-0.05, 0) is 20.8 Å². The van der Waals surface area contributed by atoms with Crippen molar-refractivity contribution in [1.29, 1.82) is 0 Å². The fraction of sp³-hybridized carbons (Fsp3) is 0.500. The smallest absolute Gasteiger partial charge is 0.216 e. The van der Waals surface area contributed by atoms with Gasteiger partial charge in [0.2, 0.25) is 5.89 Å². The Morgan fingerprint density at radius 2 is 2.25 bits per heavy atom. The predicted molar refractivity (Wildman–Crippen MR) is 57.7 cm³/mol. The van der Waals surface area contributed by atoms with Gasteiger partial charge in [-0.15, -0.1) is 5.10 Å². The van der Waals surface area contributed by atoms with Crippen molar-refractivity contribution in [2.45, 2.75) is 33.4 Å². The summed E-state index contributed by atoms with van der Waals surface area (Å²) in [5, 5.41) is 7.92. The van der Waals surface area contributed by atoms with Crippen molar-refractivity contribution in [1.82, 2.24) is 20.0 Å². The van der Waals surface area contributed by atoms with Crippen LogP contribution < -0.4 is 5.73 Å². The van der Waals surface area contributed by atoms with Crippen molar-refractivity contribution >= 4 is 0 Å². The minimum Gasteiger partial charge on any atom is -0.444 e. The third-order valence-electron chi connectivity index (χ3n) is 2.39. The molecule has 0 saturated heterocycles. The van der Waals surface area contributed by atoms with E-state index in [9.17, 15) is 0 Å². The molecule has 0 aliphatic rings. The third kappa shape index (κ3) is 2.11. The molecule has 1 unspecified atom stereocenters. The van der Waals surface area contributed by atoms with E-state index in [1.165, 1.54) is 0 Å². The molecule has 2 rings (SSSR count). The van der Waals surface area contributed by atoms with Gasteiger partial charge in [-0.3, -0.25) is 0 Å². The molecule has 0 aromatic carbocycles. The zero-order valence-electron chi connectivity index (χ0n) is 9.64. The van der Waals surface area contributed by atoms with Gasteiger partial charge in [-0.1, -0.05) is 5.21 Å². The Bertz CT molecular complexity index is 466. The molecule has 0 aliphatic carbocycles. The van der Waals surface area contributed by atoms with Crippen LogP contribution in [0.25, 0.3) is 0 Å². The fourth-order valence-electron chi connectivity index (χ4n) is 1.34. The lowest BCUT2D eigenvalue weighted by Gasteiger charge is -1.96. The molecule has 0 radical (unpaired) electrons. The molecule has 6 nitrogen and oxygen atoms in total. The topological polar surface area (TPSA) is 82.8 Å². The summed E-state index contributed by atoms with van der Waals surface area (Å²) in [6.45, 7) is 6.15. The van der Waals surface area contributed by atoms with E-state index in [-0.39, 0.29) is 6.04 Å². The summed E-state index contributed by atoms with van der Waals surface area (Å²) in [7, 11) is 0. The standard InChI is InChI=1S/C10H15N5O/c1-6(11)9-4-15(14-13-9)5-10-12-7(2)8(3)16-10/h4,6H,5,11H2,1-3H3. The zero-order valence-corrected chi connectivity index (χ0v) is 9.64. The van der Waals surface area contributed by atoms with Gasteiger partial charge in [-0.25, -0.2) is 9.67 Å². The van der Waals surface area contributed by atoms with Crippen LogP contribution in [0.4, 0.5) is 0 Å². The molecule has 0 spiro atoms. The molecular formula is C10H15N5O. The van der Waals surface area contributed by atoms with Gasteiger partial charge in [0.15, 0.2) is 0 Å². The first-order valence-electron chi connectivity index (χ1n) is 5.15. The SMILES string of the molecule is Cc1nc(Cn2cc(C(C)N)nn2)oc1C. The second kappa shape index (κ2) is 4.05. The van der Waals surface area contributed by atoms with Crippen LogP contribution in [-0.2, 0) is 6.54 Å². The van der Waals surface area contributed by atoms with Gasteiger partial charge in [0, 0.05) is 6.04 Å². The first-order valence-corrected chi connectivity index (χ1v) is 5.15. The Morgan fingerprint density at radius 3 is 2.75 bits per heavy atom.